The summed E-state index contributed by atoms with van der Waals surface area (Å²) in [4.78, 5) is 32.9. The number of carboxylic acid groups (broad SMARTS) is 1. The third-order valence-corrected chi connectivity index (χ3v) is 7.31. The summed E-state index contributed by atoms with van der Waals surface area (Å²) in [6, 6.07) is 24.1. The van der Waals surface area contributed by atoms with E-state index in [9.17, 15) is 14.7 Å². The number of aromatic nitrogens is 2. The number of hydrogen-bond donors (Lipinski definition) is 1. The van der Waals surface area contributed by atoms with Gasteiger partial charge in [-0.2, -0.15) is 0 Å². The molecule has 3 aromatic carbocycles. The van der Waals surface area contributed by atoms with Gasteiger partial charge in [0.15, 0.2) is 0 Å². The van der Waals surface area contributed by atoms with Crippen LogP contribution in [0.1, 0.15) is 45.4 Å². The van der Waals surface area contributed by atoms with Gasteiger partial charge in [0, 0.05) is 18.7 Å². The van der Waals surface area contributed by atoms with E-state index < -0.39 is 17.9 Å². The zero-order valence-corrected chi connectivity index (χ0v) is 21.8. The molecule has 0 radical (unpaired) electrons. The molecular formula is C31H31N3O4. The Morgan fingerprint density at radius 3 is 2.18 bits per heavy atom. The molecule has 4 aromatic rings. The molecule has 1 amide bonds. The molecule has 1 atom stereocenters. The monoisotopic (exact) mass is 509 g/mol. The lowest BCUT2D eigenvalue weighted by Crippen LogP contribution is -2.50. The van der Waals surface area contributed by atoms with Crippen LogP contribution in [-0.4, -0.2) is 44.6 Å². The first-order valence-corrected chi connectivity index (χ1v) is 12.7. The molecular weight excluding hydrogens is 478 g/mol. The smallest absolute Gasteiger partial charge is 0.326 e. The summed E-state index contributed by atoms with van der Waals surface area (Å²) in [6.07, 6.45) is 0.197. The van der Waals surface area contributed by atoms with E-state index in [1.165, 1.54) is 4.90 Å². The van der Waals surface area contributed by atoms with E-state index in [2.05, 4.69) is 10.6 Å². The van der Waals surface area contributed by atoms with Gasteiger partial charge in [0.05, 0.1) is 25.3 Å². The van der Waals surface area contributed by atoms with Gasteiger partial charge in [-0.15, -0.1) is 0 Å². The maximum absolute atomic E-state index is 14.1. The second kappa shape index (κ2) is 10.5. The van der Waals surface area contributed by atoms with Crippen LogP contribution < -0.4 is 4.74 Å². The van der Waals surface area contributed by atoms with Gasteiger partial charge in [-0.1, -0.05) is 72.8 Å². The van der Waals surface area contributed by atoms with E-state index in [0.29, 0.717) is 6.54 Å². The number of nitrogens with zero attached hydrogens (tertiary/aromatic N) is 3. The van der Waals surface area contributed by atoms with Gasteiger partial charge < -0.3 is 19.3 Å². The minimum atomic E-state index is -1.02. The molecule has 2 heterocycles. The zero-order chi connectivity index (χ0) is 26.8. The first-order valence-electron chi connectivity index (χ1n) is 12.7. The fourth-order valence-corrected chi connectivity index (χ4v) is 5.41. The molecule has 7 nitrogen and oxygen atoms in total. The summed E-state index contributed by atoms with van der Waals surface area (Å²) in [5.41, 5.74) is 5.38. The van der Waals surface area contributed by atoms with Crippen molar-refractivity contribution in [3.63, 3.8) is 0 Å². The molecule has 1 aromatic heterocycles. The quantitative estimate of drug-likeness (QED) is 0.390. The molecule has 5 rings (SSSR count). The number of carbonyl (C=O) groups excluding carboxylic acids is 1. The molecule has 7 heteroatoms. The van der Waals surface area contributed by atoms with Gasteiger partial charge in [0.1, 0.15) is 17.6 Å². The Morgan fingerprint density at radius 2 is 1.63 bits per heavy atom. The van der Waals surface area contributed by atoms with Crippen LogP contribution in [0.5, 0.6) is 5.75 Å². The lowest BCUT2D eigenvalue weighted by molar-refractivity contribution is -0.151. The summed E-state index contributed by atoms with van der Waals surface area (Å²) in [7, 11) is 1.65. The van der Waals surface area contributed by atoms with Gasteiger partial charge in [-0.05, 0) is 42.2 Å². The van der Waals surface area contributed by atoms with E-state index in [0.717, 1.165) is 45.2 Å². The van der Waals surface area contributed by atoms with Gasteiger partial charge in [0.2, 0.25) is 5.91 Å². The molecule has 1 N–H and O–H groups in total. The number of carboxylic acids is 1. The van der Waals surface area contributed by atoms with Crippen LogP contribution in [0.15, 0.2) is 78.9 Å². The molecule has 194 valence electrons. The highest BCUT2D eigenvalue weighted by Gasteiger charge is 2.40. The standard InChI is InChI=1S/C31H31N3O4/c1-20-16-22(14-15-28(20)38-3)18-33-21(2)32-25-19-34(27(31(36)37)17-26(25)33)30(35)29(23-10-6-4-7-11-23)24-12-8-5-9-13-24/h4-16,27,29H,17-19H2,1-3H3,(H,36,37). The fourth-order valence-electron chi connectivity index (χ4n) is 5.41. The van der Waals surface area contributed by atoms with Crippen LogP contribution in [0.3, 0.4) is 0 Å². The zero-order valence-electron chi connectivity index (χ0n) is 21.8. The van der Waals surface area contributed by atoms with Crippen molar-refractivity contribution in [2.75, 3.05) is 7.11 Å². The highest BCUT2D eigenvalue weighted by molar-refractivity contribution is 5.91. The molecule has 1 aliphatic rings. The first-order chi connectivity index (χ1) is 18.4. The third kappa shape index (κ3) is 4.79. The molecule has 38 heavy (non-hydrogen) atoms. The highest BCUT2D eigenvalue weighted by atomic mass is 16.5. The Hall–Kier alpha value is -4.39. The van der Waals surface area contributed by atoms with Crippen molar-refractivity contribution in [3.05, 3.63) is 118 Å². The number of fused-ring (bicyclic) bond motifs is 1. The van der Waals surface area contributed by atoms with Crippen molar-refractivity contribution in [2.24, 2.45) is 0 Å². The van der Waals surface area contributed by atoms with Crippen LogP contribution in [0.25, 0.3) is 0 Å². The van der Waals surface area contributed by atoms with Crippen LogP contribution in [0, 0.1) is 13.8 Å². The van der Waals surface area contributed by atoms with Crippen LogP contribution >= 0.6 is 0 Å². The van der Waals surface area contributed by atoms with Crippen molar-refractivity contribution in [2.45, 2.75) is 45.3 Å². The van der Waals surface area contributed by atoms with E-state index in [4.69, 9.17) is 9.72 Å². The van der Waals surface area contributed by atoms with E-state index in [1.54, 1.807) is 7.11 Å². The predicted octanol–water partition coefficient (Wildman–Crippen LogP) is 4.73. The third-order valence-electron chi connectivity index (χ3n) is 7.31. The summed E-state index contributed by atoms with van der Waals surface area (Å²) in [6.45, 7) is 4.64. The molecule has 1 aliphatic heterocycles. The van der Waals surface area contributed by atoms with Crippen LogP contribution in [0.2, 0.25) is 0 Å². The topological polar surface area (TPSA) is 84.7 Å². The summed E-state index contributed by atoms with van der Waals surface area (Å²) in [5.74, 6) is -0.242. The van der Waals surface area contributed by atoms with Crippen molar-refractivity contribution in [1.82, 2.24) is 14.5 Å². The number of amides is 1. The van der Waals surface area contributed by atoms with Crippen molar-refractivity contribution in [1.29, 1.82) is 0 Å². The normalized spacial score (nSPS) is 14.8. The van der Waals surface area contributed by atoms with E-state index >= 15 is 0 Å². The Bertz CT molecular complexity index is 1420. The van der Waals surface area contributed by atoms with Gasteiger partial charge in [-0.25, -0.2) is 9.78 Å². The van der Waals surface area contributed by atoms with E-state index in [-0.39, 0.29) is 18.9 Å². The first kappa shape index (κ1) is 25.3. The summed E-state index contributed by atoms with van der Waals surface area (Å²) >= 11 is 0. The second-order valence-electron chi connectivity index (χ2n) is 9.72. The average molecular weight is 510 g/mol. The van der Waals surface area contributed by atoms with E-state index in [1.807, 2.05) is 86.6 Å². The maximum atomic E-state index is 14.1. The Morgan fingerprint density at radius 1 is 1.00 bits per heavy atom. The number of aryl methyl sites for hydroxylation is 2. The molecule has 0 spiro atoms. The largest absolute Gasteiger partial charge is 0.496 e. The Kier molecular flexibility index (Phi) is 7.01. The number of ether oxygens (including phenoxy) is 1. The van der Waals surface area contributed by atoms with Gasteiger partial charge >= 0.3 is 5.97 Å². The summed E-state index contributed by atoms with van der Waals surface area (Å²) in [5, 5.41) is 10.3. The number of aliphatic carboxylic acids is 1. The molecule has 0 saturated heterocycles. The van der Waals surface area contributed by atoms with Crippen molar-refractivity contribution in [3.8, 4) is 5.75 Å². The van der Waals surface area contributed by atoms with Crippen LogP contribution in [0.4, 0.5) is 0 Å². The molecule has 0 bridgehead atoms. The second-order valence-corrected chi connectivity index (χ2v) is 9.72. The number of benzene rings is 3. The summed E-state index contributed by atoms with van der Waals surface area (Å²) < 4.78 is 7.46. The van der Waals surface area contributed by atoms with Gasteiger partial charge in [0.25, 0.3) is 0 Å². The number of imidazole rings is 1. The van der Waals surface area contributed by atoms with Gasteiger partial charge in [-0.3, -0.25) is 4.79 Å². The number of rotatable bonds is 7. The average Bonchev–Trinajstić information content (AvgIpc) is 3.23. The minimum Gasteiger partial charge on any atom is -0.496 e. The SMILES string of the molecule is COc1ccc(Cn2c(C)nc3c2CC(C(=O)O)N(C(=O)C(c2ccccc2)c2ccccc2)C3)cc1C. The predicted molar refractivity (Wildman–Crippen MR) is 144 cm³/mol. The maximum Gasteiger partial charge on any atom is 0.326 e. The molecule has 0 saturated carbocycles. The van der Waals surface area contributed by atoms with Crippen molar-refractivity contribution < 1.29 is 19.4 Å². The fraction of sp³-hybridized carbons (Fsp3) is 0.258. The van der Waals surface area contributed by atoms with Crippen molar-refractivity contribution >= 4 is 11.9 Å². The lowest BCUT2D eigenvalue weighted by Gasteiger charge is -2.35. The number of hydrogen-bond acceptors (Lipinski definition) is 4. The lowest BCUT2D eigenvalue weighted by atomic mass is 9.88. The minimum absolute atomic E-state index is 0.150. The molecule has 0 fully saturated rings. The molecule has 0 aliphatic carbocycles. The van der Waals surface area contributed by atoms with Crippen LogP contribution in [-0.2, 0) is 29.1 Å². The highest BCUT2D eigenvalue weighted by Crippen LogP contribution is 2.32. The molecule has 1 unspecified atom stereocenters. The Labute approximate surface area is 222 Å². The number of methoxy groups -OCH3 is 1. The Balaban J connectivity index is 1.50. The number of carbonyl (C=O) groups is 2.